The predicted octanol–water partition coefficient (Wildman–Crippen LogP) is 3.90. The minimum Gasteiger partial charge on any atom is -0.495 e. The standard InChI is InChI=1S/C25H35N7O3/c1-24(2,3)35-23(33)30-17-8-7-15(11-18(17)34-6)16-12-20(32-21(16)22(27)28-14-29-32)31-10-9-19(26)25(4,5)13-31/h7-8,11-12,14,19H,9-10,13,26H2,1-6H3,(H,30,33)(H2,27,28,29). The van der Waals surface area contributed by atoms with Gasteiger partial charge in [-0.05, 0) is 56.4 Å². The second-order valence-electron chi connectivity index (χ2n) is 10.7. The van der Waals surface area contributed by atoms with Gasteiger partial charge in [0.15, 0.2) is 5.82 Å². The van der Waals surface area contributed by atoms with E-state index in [-0.39, 0.29) is 11.5 Å². The first kappa shape index (κ1) is 24.6. The number of nitrogens with zero attached hydrogens (tertiary/aromatic N) is 4. The number of nitrogens with one attached hydrogen (secondary N) is 1. The lowest BCUT2D eigenvalue weighted by molar-refractivity contribution is 0.0635. The number of aromatic nitrogens is 3. The molecule has 3 aromatic rings. The van der Waals surface area contributed by atoms with Gasteiger partial charge in [0, 0.05) is 24.7 Å². The maximum absolute atomic E-state index is 12.3. The third-order valence-corrected chi connectivity index (χ3v) is 6.35. The Morgan fingerprint density at radius 1 is 1.26 bits per heavy atom. The summed E-state index contributed by atoms with van der Waals surface area (Å²) in [4.78, 5) is 18.8. The molecule has 10 heteroatoms. The Balaban J connectivity index is 1.74. The first-order chi connectivity index (χ1) is 16.4. The number of hydrogen-bond donors (Lipinski definition) is 3. The zero-order valence-corrected chi connectivity index (χ0v) is 21.3. The molecule has 0 spiro atoms. The van der Waals surface area contributed by atoms with Crippen molar-refractivity contribution in [2.24, 2.45) is 11.1 Å². The third kappa shape index (κ3) is 4.97. The number of ether oxygens (including phenoxy) is 2. The van der Waals surface area contributed by atoms with Crippen LogP contribution in [0.25, 0.3) is 16.6 Å². The van der Waals surface area contributed by atoms with E-state index in [2.05, 4.69) is 40.2 Å². The Morgan fingerprint density at radius 3 is 2.66 bits per heavy atom. The van der Waals surface area contributed by atoms with Gasteiger partial charge in [0.1, 0.15) is 29.0 Å². The van der Waals surface area contributed by atoms with Crippen LogP contribution in [-0.4, -0.2) is 52.5 Å². The highest BCUT2D eigenvalue weighted by Gasteiger charge is 2.35. The predicted molar refractivity (Wildman–Crippen MR) is 138 cm³/mol. The number of amides is 1. The number of rotatable bonds is 4. The molecule has 1 unspecified atom stereocenters. The third-order valence-electron chi connectivity index (χ3n) is 6.35. The fourth-order valence-corrected chi connectivity index (χ4v) is 4.44. The Morgan fingerprint density at radius 2 is 2.00 bits per heavy atom. The van der Waals surface area contributed by atoms with Crippen LogP contribution >= 0.6 is 0 Å². The summed E-state index contributed by atoms with van der Waals surface area (Å²) >= 11 is 0. The quantitative estimate of drug-likeness (QED) is 0.511. The molecular weight excluding hydrogens is 446 g/mol. The molecule has 1 fully saturated rings. The van der Waals surface area contributed by atoms with Crippen molar-refractivity contribution in [2.75, 3.05) is 36.1 Å². The molecule has 10 nitrogen and oxygen atoms in total. The zero-order valence-electron chi connectivity index (χ0n) is 21.3. The number of nitrogen functional groups attached to an aromatic ring is 1. The van der Waals surface area contributed by atoms with Crippen molar-refractivity contribution >= 4 is 28.9 Å². The van der Waals surface area contributed by atoms with Gasteiger partial charge in [-0.2, -0.15) is 5.10 Å². The lowest BCUT2D eigenvalue weighted by atomic mass is 9.80. The minimum absolute atomic E-state index is 0.0423. The average Bonchev–Trinajstić information content (AvgIpc) is 3.15. The van der Waals surface area contributed by atoms with Crippen LogP contribution in [0.3, 0.4) is 0 Å². The van der Waals surface area contributed by atoms with Gasteiger partial charge in [0.2, 0.25) is 0 Å². The van der Waals surface area contributed by atoms with Crippen LogP contribution in [0, 0.1) is 5.41 Å². The van der Waals surface area contributed by atoms with E-state index >= 15 is 0 Å². The number of carbonyl (C=O) groups excluding carboxylic acids is 1. The van der Waals surface area contributed by atoms with E-state index in [1.54, 1.807) is 13.2 Å². The van der Waals surface area contributed by atoms with Crippen LogP contribution in [-0.2, 0) is 4.74 Å². The Kier molecular flexibility index (Phi) is 6.27. The molecule has 188 valence electrons. The summed E-state index contributed by atoms with van der Waals surface area (Å²) in [5.41, 5.74) is 15.0. The normalized spacial score (nSPS) is 17.9. The first-order valence-corrected chi connectivity index (χ1v) is 11.7. The molecule has 1 aromatic carbocycles. The Labute approximate surface area is 205 Å². The van der Waals surface area contributed by atoms with Crippen molar-refractivity contribution in [3.8, 4) is 16.9 Å². The first-order valence-electron chi connectivity index (χ1n) is 11.7. The highest BCUT2D eigenvalue weighted by molar-refractivity contribution is 5.93. The van der Waals surface area contributed by atoms with E-state index in [0.29, 0.717) is 22.8 Å². The summed E-state index contributed by atoms with van der Waals surface area (Å²) in [5, 5.41) is 7.27. The van der Waals surface area contributed by atoms with Gasteiger partial charge in [-0.15, -0.1) is 0 Å². The number of hydrogen-bond acceptors (Lipinski definition) is 8. The number of anilines is 3. The van der Waals surface area contributed by atoms with E-state index in [9.17, 15) is 4.79 Å². The van der Waals surface area contributed by atoms with E-state index in [1.165, 1.54) is 6.33 Å². The number of methoxy groups -OCH3 is 1. The van der Waals surface area contributed by atoms with Crippen molar-refractivity contribution < 1.29 is 14.3 Å². The Hall–Kier alpha value is -3.53. The molecule has 0 bridgehead atoms. The highest BCUT2D eigenvalue weighted by Crippen LogP contribution is 2.39. The lowest BCUT2D eigenvalue weighted by Crippen LogP contribution is -2.52. The molecule has 1 amide bonds. The molecule has 1 saturated heterocycles. The second kappa shape index (κ2) is 8.92. The minimum atomic E-state index is -0.608. The molecule has 1 aliphatic heterocycles. The summed E-state index contributed by atoms with van der Waals surface area (Å²) in [7, 11) is 1.55. The molecule has 5 N–H and O–H groups in total. The molecule has 3 heterocycles. The van der Waals surface area contributed by atoms with Crippen LogP contribution in [0.5, 0.6) is 5.75 Å². The van der Waals surface area contributed by atoms with Gasteiger partial charge in [-0.1, -0.05) is 19.9 Å². The van der Waals surface area contributed by atoms with Gasteiger partial charge in [-0.3, -0.25) is 5.32 Å². The van der Waals surface area contributed by atoms with Gasteiger partial charge >= 0.3 is 6.09 Å². The Bertz CT molecular complexity index is 1250. The van der Waals surface area contributed by atoms with Crippen LogP contribution in [0.15, 0.2) is 30.6 Å². The van der Waals surface area contributed by atoms with Gasteiger partial charge in [-0.25, -0.2) is 14.3 Å². The van der Waals surface area contributed by atoms with E-state index < -0.39 is 11.7 Å². The van der Waals surface area contributed by atoms with Crippen molar-refractivity contribution in [3.63, 3.8) is 0 Å². The largest absolute Gasteiger partial charge is 0.495 e. The SMILES string of the molecule is COc1cc(-c2cc(N3CCC(N)C(C)(C)C3)n3ncnc(N)c23)ccc1NC(=O)OC(C)(C)C. The monoisotopic (exact) mass is 481 g/mol. The van der Waals surface area contributed by atoms with Crippen LogP contribution in [0.1, 0.15) is 41.0 Å². The number of nitrogens with two attached hydrogens (primary N) is 2. The summed E-state index contributed by atoms with van der Waals surface area (Å²) in [6.45, 7) is 11.4. The molecule has 0 radical (unpaired) electrons. The number of fused-ring (bicyclic) bond motifs is 1. The molecule has 2 aromatic heterocycles. The van der Waals surface area contributed by atoms with E-state index in [1.807, 2.05) is 37.4 Å². The summed E-state index contributed by atoms with van der Waals surface area (Å²) in [6, 6.07) is 7.75. The summed E-state index contributed by atoms with van der Waals surface area (Å²) < 4.78 is 12.8. The van der Waals surface area contributed by atoms with Crippen molar-refractivity contribution in [1.82, 2.24) is 14.6 Å². The van der Waals surface area contributed by atoms with E-state index in [0.717, 1.165) is 36.5 Å². The fourth-order valence-electron chi connectivity index (χ4n) is 4.44. The molecule has 0 aliphatic carbocycles. The van der Waals surface area contributed by atoms with Gasteiger partial charge in [0.25, 0.3) is 0 Å². The van der Waals surface area contributed by atoms with E-state index in [4.69, 9.17) is 20.9 Å². The fraction of sp³-hybridized carbons (Fsp3) is 0.480. The van der Waals surface area contributed by atoms with Crippen LogP contribution in [0.2, 0.25) is 0 Å². The second-order valence-corrected chi connectivity index (χ2v) is 10.7. The number of benzene rings is 1. The molecule has 35 heavy (non-hydrogen) atoms. The molecule has 1 aliphatic rings. The van der Waals surface area contributed by atoms with Crippen molar-refractivity contribution in [3.05, 3.63) is 30.6 Å². The maximum Gasteiger partial charge on any atom is 0.412 e. The van der Waals surface area contributed by atoms with Crippen molar-refractivity contribution in [1.29, 1.82) is 0 Å². The number of piperidine rings is 1. The lowest BCUT2D eigenvalue weighted by Gasteiger charge is -2.43. The van der Waals surface area contributed by atoms with Crippen LogP contribution in [0.4, 0.5) is 22.1 Å². The average molecular weight is 482 g/mol. The number of carbonyl (C=O) groups is 1. The summed E-state index contributed by atoms with van der Waals surface area (Å²) in [6.07, 6.45) is 1.79. The molecule has 0 saturated carbocycles. The molecule has 4 rings (SSSR count). The van der Waals surface area contributed by atoms with Crippen molar-refractivity contribution in [2.45, 2.75) is 52.7 Å². The molecular formula is C25H35N7O3. The van der Waals surface area contributed by atoms with Crippen LogP contribution < -0.4 is 26.4 Å². The topological polar surface area (TPSA) is 133 Å². The smallest absolute Gasteiger partial charge is 0.412 e. The van der Waals surface area contributed by atoms with Gasteiger partial charge in [0.05, 0.1) is 12.8 Å². The highest BCUT2D eigenvalue weighted by atomic mass is 16.6. The van der Waals surface area contributed by atoms with Gasteiger partial charge < -0.3 is 25.8 Å². The zero-order chi connectivity index (χ0) is 25.5. The summed E-state index contributed by atoms with van der Waals surface area (Å²) in [5.74, 6) is 1.80. The molecule has 1 atom stereocenters. The maximum atomic E-state index is 12.3.